The molecule has 150 valence electrons. The van der Waals surface area contributed by atoms with Crippen LogP contribution < -0.4 is 22.1 Å². The highest BCUT2D eigenvalue weighted by molar-refractivity contribution is 5.98. The Morgan fingerprint density at radius 1 is 1.21 bits per heavy atom. The number of aromatic nitrogens is 2. The summed E-state index contributed by atoms with van der Waals surface area (Å²) in [4.78, 5) is 19.2. The molecule has 0 saturated heterocycles. The number of primary amides is 1. The molecule has 1 fully saturated rings. The Morgan fingerprint density at radius 3 is 2.64 bits per heavy atom. The number of nitrogens with zero attached hydrogens (tertiary/aromatic N) is 2. The molecule has 0 unspecified atom stereocenters. The lowest BCUT2D eigenvalue weighted by Crippen LogP contribution is -2.55. The third-order valence-electron chi connectivity index (χ3n) is 4.48. The summed E-state index contributed by atoms with van der Waals surface area (Å²) in [5.74, 6) is -6.24. The maximum Gasteiger partial charge on any atom is 0.264 e. The van der Waals surface area contributed by atoms with E-state index in [-0.39, 0.29) is 35.7 Å². The summed E-state index contributed by atoms with van der Waals surface area (Å²) in [6, 6.07) is -0.553. The molecule has 2 heterocycles. The lowest BCUT2D eigenvalue weighted by molar-refractivity contribution is -0.0555. The molecule has 2 aromatic heterocycles. The van der Waals surface area contributed by atoms with Crippen LogP contribution >= 0.6 is 0 Å². The third-order valence-corrected chi connectivity index (χ3v) is 4.48. The van der Waals surface area contributed by atoms with Gasteiger partial charge < -0.3 is 22.1 Å². The quantitative estimate of drug-likeness (QED) is 0.575. The molecule has 3 rings (SSSR count). The number of nitrogens with one attached hydrogen (secondary N) is 2. The summed E-state index contributed by atoms with van der Waals surface area (Å²) < 4.78 is 55.4. The number of carbonyl (C=O) groups excluding carboxylic acids is 1. The van der Waals surface area contributed by atoms with Gasteiger partial charge in [0.15, 0.2) is 11.6 Å². The Bertz CT molecular complexity index is 894. The lowest BCUT2D eigenvalue weighted by Gasteiger charge is -2.36. The molecule has 7 nitrogen and oxygen atoms in total. The normalized spacial score (nSPS) is 21.2. The van der Waals surface area contributed by atoms with E-state index in [0.717, 1.165) is 18.3 Å². The summed E-state index contributed by atoms with van der Waals surface area (Å²) in [7, 11) is 0. The van der Waals surface area contributed by atoms with E-state index in [0.29, 0.717) is 6.42 Å². The van der Waals surface area contributed by atoms with Crippen LogP contribution in [-0.4, -0.2) is 33.9 Å². The monoisotopic (exact) mass is 398 g/mol. The molecule has 1 aliphatic carbocycles. The number of carbonyl (C=O) groups is 1. The first-order chi connectivity index (χ1) is 13.2. The van der Waals surface area contributed by atoms with Crippen molar-refractivity contribution in [1.82, 2.24) is 9.97 Å². The fraction of sp³-hybridized carbons (Fsp3) is 0.353. The third kappa shape index (κ3) is 4.14. The Hall–Kier alpha value is -2.95. The van der Waals surface area contributed by atoms with Crippen molar-refractivity contribution >= 4 is 23.2 Å². The largest absolute Gasteiger partial charge is 0.365 e. The van der Waals surface area contributed by atoms with Gasteiger partial charge in [0, 0.05) is 18.5 Å². The van der Waals surface area contributed by atoms with E-state index in [1.807, 2.05) is 0 Å². The van der Waals surface area contributed by atoms with Gasteiger partial charge in [0.2, 0.25) is 0 Å². The van der Waals surface area contributed by atoms with Crippen molar-refractivity contribution in [1.29, 1.82) is 0 Å². The minimum Gasteiger partial charge on any atom is -0.365 e. The number of rotatable bonds is 5. The van der Waals surface area contributed by atoms with Gasteiger partial charge in [-0.3, -0.25) is 9.78 Å². The van der Waals surface area contributed by atoms with E-state index >= 15 is 0 Å². The zero-order valence-corrected chi connectivity index (χ0v) is 14.6. The topological polar surface area (TPSA) is 119 Å². The van der Waals surface area contributed by atoms with Gasteiger partial charge in [-0.25, -0.2) is 22.5 Å². The van der Waals surface area contributed by atoms with E-state index in [1.165, 1.54) is 6.20 Å². The van der Waals surface area contributed by atoms with Gasteiger partial charge in [0.1, 0.15) is 11.6 Å². The van der Waals surface area contributed by atoms with Crippen molar-refractivity contribution in [3.63, 3.8) is 0 Å². The summed E-state index contributed by atoms with van der Waals surface area (Å²) >= 11 is 0. The van der Waals surface area contributed by atoms with Gasteiger partial charge in [0.25, 0.3) is 11.8 Å². The number of nitrogens with two attached hydrogens (primary N) is 2. The summed E-state index contributed by atoms with van der Waals surface area (Å²) in [5, 5.41) is 5.21. The Kier molecular flexibility index (Phi) is 5.36. The Balaban J connectivity index is 1.93. The highest BCUT2D eigenvalue weighted by Crippen LogP contribution is 2.34. The number of hydrogen-bond donors (Lipinski definition) is 4. The predicted molar refractivity (Wildman–Crippen MR) is 94.4 cm³/mol. The van der Waals surface area contributed by atoms with Gasteiger partial charge in [-0.15, -0.1) is 0 Å². The zero-order valence-electron chi connectivity index (χ0n) is 14.6. The molecule has 1 saturated carbocycles. The van der Waals surface area contributed by atoms with Gasteiger partial charge in [-0.2, -0.15) is 0 Å². The minimum absolute atomic E-state index is 0.133. The van der Waals surface area contributed by atoms with Crippen LogP contribution in [0.1, 0.15) is 29.6 Å². The molecule has 11 heteroatoms. The van der Waals surface area contributed by atoms with Crippen molar-refractivity contribution in [3.05, 3.63) is 41.7 Å². The molecule has 0 aliphatic heterocycles. The summed E-state index contributed by atoms with van der Waals surface area (Å²) in [6.45, 7) is 0. The van der Waals surface area contributed by atoms with Crippen molar-refractivity contribution in [3.8, 4) is 0 Å². The van der Waals surface area contributed by atoms with Crippen LogP contribution in [-0.2, 0) is 0 Å². The van der Waals surface area contributed by atoms with Crippen LogP contribution in [0.2, 0.25) is 0 Å². The fourth-order valence-electron chi connectivity index (χ4n) is 3.03. The van der Waals surface area contributed by atoms with Gasteiger partial charge in [-0.05, 0) is 18.9 Å². The summed E-state index contributed by atoms with van der Waals surface area (Å²) in [5.41, 5.74) is 10.7. The van der Waals surface area contributed by atoms with Crippen LogP contribution in [0.3, 0.4) is 0 Å². The van der Waals surface area contributed by atoms with E-state index < -0.39 is 35.5 Å². The highest BCUT2D eigenvalue weighted by atomic mass is 19.3. The zero-order chi connectivity index (χ0) is 20.5. The first-order valence-electron chi connectivity index (χ1n) is 8.45. The SMILES string of the molecule is NC(=O)c1cc(F)c(N[C@@H]2CCCC(F)(F)[C@@H]2N)nc1Nc1cncc(F)c1. The smallest absolute Gasteiger partial charge is 0.264 e. The molecule has 1 amide bonds. The molecule has 28 heavy (non-hydrogen) atoms. The molecular formula is C17H18F4N6O. The van der Waals surface area contributed by atoms with E-state index in [4.69, 9.17) is 11.5 Å². The maximum atomic E-state index is 14.4. The second kappa shape index (κ2) is 7.58. The van der Waals surface area contributed by atoms with E-state index in [1.54, 1.807) is 0 Å². The number of amides is 1. The first-order valence-corrected chi connectivity index (χ1v) is 8.45. The van der Waals surface area contributed by atoms with E-state index in [9.17, 15) is 22.4 Å². The Labute approximate surface area is 157 Å². The highest BCUT2D eigenvalue weighted by Gasteiger charge is 2.45. The molecule has 0 aromatic carbocycles. The molecule has 0 radical (unpaired) electrons. The molecule has 6 N–H and O–H groups in total. The predicted octanol–water partition coefficient (Wildman–Crippen LogP) is 2.52. The van der Waals surface area contributed by atoms with Crippen LogP contribution in [0.15, 0.2) is 24.5 Å². The van der Waals surface area contributed by atoms with Gasteiger partial charge in [0.05, 0.1) is 29.7 Å². The molecule has 2 aromatic rings. The number of alkyl halides is 2. The molecule has 1 aliphatic rings. The fourth-order valence-corrected chi connectivity index (χ4v) is 3.03. The average molecular weight is 398 g/mol. The van der Waals surface area contributed by atoms with Crippen LogP contribution in [0.5, 0.6) is 0 Å². The number of hydrogen-bond acceptors (Lipinski definition) is 6. The van der Waals surface area contributed by atoms with Crippen LogP contribution in [0, 0.1) is 11.6 Å². The van der Waals surface area contributed by atoms with Crippen molar-refractivity contribution in [2.45, 2.75) is 37.3 Å². The second-order valence-electron chi connectivity index (χ2n) is 6.53. The van der Waals surface area contributed by atoms with Gasteiger partial charge >= 0.3 is 0 Å². The van der Waals surface area contributed by atoms with Gasteiger partial charge in [-0.1, -0.05) is 0 Å². The minimum atomic E-state index is -3.09. The number of anilines is 3. The second-order valence-corrected chi connectivity index (χ2v) is 6.53. The lowest BCUT2D eigenvalue weighted by atomic mass is 9.87. The standard InChI is InChI=1S/C17H18F4N6O/c18-8-4-9(7-24-6-8)25-15-10(14(23)28)5-11(19)16(27-15)26-12-2-1-3-17(20,21)13(12)22/h4-7,12-13H,1-3,22H2,(H2,23,28)(H2,25,26,27)/t12-,13-/m1/s1. The van der Waals surface area contributed by atoms with Crippen molar-refractivity contribution in [2.75, 3.05) is 10.6 Å². The molecular weight excluding hydrogens is 380 g/mol. The number of halogens is 4. The number of pyridine rings is 2. The van der Waals surface area contributed by atoms with Crippen molar-refractivity contribution in [2.24, 2.45) is 11.5 Å². The average Bonchev–Trinajstić information content (AvgIpc) is 2.61. The van der Waals surface area contributed by atoms with E-state index in [2.05, 4.69) is 20.6 Å². The van der Waals surface area contributed by atoms with Crippen LogP contribution in [0.4, 0.5) is 34.9 Å². The molecule has 0 spiro atoms. The maximum absolute atomic E-state index is 14.4. The van der Waals surface area contributed by atoms with Crippen LogP contribution in [0.25, 0.3) is 0 Å². The molecule has 0 bridgehead atoms. The van der Waals surface area contributed by atoms with Crippen molar-refractivity contribution < 1.29 is 22.4 Å². The molecule has 2 atom stereocenters. The first kappa shape index (κ1) is 19.8. The Morgan fingerprint density at radius 2 is 1.96 bits per heavy atom. The summed E-state index contributed by atoms with van der Waals surface area (Å²) in [6.07, 6.45) is 2.38.